The highest BCUT2D eigenvalue weighted by atomic mass is 16.5. The van der Waals surface area contributed by atoms with Gasteiger partial charge in [-0.05, 0) is 31.0 Å². The van der Waals surface area contributed by atoms with Crippen molar-refractivity contribution < 1.29 is 28.5 Å². The molecule has 0 radical (unpaired) electrons. The molecule has 0 aromatic heterocycles. The summed E-state index contributed by atoms with van der Waals surface area (Å²) in [6, 6.07) is 8.58. The van der Waals surface area contributed by atoms with Crippen LogP contribution in [0.1, 0.15) is 21.5 Å². The van der Waals surface area contributed by atoms with Gasteiger partial charge in [0.05, 0.1) is 32.6 Å². The zero-order valence-electron chi connectivity index (χ0n) is 16.0. The van der Waals surface area contributed by atoms with Gasteiger partial charge in [-0.2, -0.15) is 0 Å². The minimum atomic E-state index is -0.610. The fourth-order valence-corrected chi connectivity index (χ4v) is 2.47. The number of carbonyl (C=O) groups is 2. The van der Waals surface area contributed by atoms with Crippen LogP contribution in [-0.4, -0.2) is 39.8 Å². The molecule has 144 valence electrons. The molecule has 0 aliphatic carbocycles. The predicted molar refractivity (Wildman–Crippen MR) is 101 cm³/mol. The second kappa shape index (κ2) is 8.93. The van der Waals surface area contributed by atoms with Crippen molar-refractivity contribution in [2.45, 2.75) is 13.8 Å². The van der Waals surface area contributed by atoms with E-state index in [-0.39, 0.29) is 17.9 Å². The number of esters is 1. The summed E-state index contributed by atoms with van der Waals surface area (Å²) in [5.41, 5.74) is 2.43. The van der Waals surface area contributed by atoms with E-state index in [0.717, 1.165) is 11.1 Å². The highest BCUT2D eigenvalue weighted by Gasteiger charge is 2.19. The van der Waals surface area contributed by atoms with Crippen molar-refractivity contribution in [3.8, 4) is 17.2 Å². The number of hydrogen-bond donors (Lipinski definition) is 1. The summed E-state index contributed by atoms with van der Waals surface area (Å²) in [7, 11) is 4.17. The van der Waals surface area contributed by atoms with Gasteiger partial charge in [0.25, 0.3) is 5.91 Å². The van der Waals surface area contributed by atoms with E-state index >= 15 is 0 Å². The summed E-state index contributed by atoms with van der Waals surface area (Å²) in [6.07, 6.45) is 0. The smallest absolute Gasteiger partial charge is 0.340 e. The molecule has 2 aromatic carbocycles. The zero-order valence-corrected chi connectivity index (χ0v) is 16.0. The third kappa shape index (κ3) is 4.69. The van der Waals surface area contributed by atoms with Crippen molar-refractivity contribution in [2.24, 2.45) is 0 Å². The molecular weight excluding hydrogens is 350 g/mol. The van der Waals surface area contributed by atoms with Crippen molar-refractivity contribution in [1.82, 2.24) is 0 Å². The first-order chi connectivity index (χ1) is 12.9. The largest absolute Gasteiger partial charge is 0.493 e. The van der Waals surface area contributed by atoms with E-state index in [2.05, 4.69) is 5.32 Å². The Balaban J connectivity index is 2.20. The normalized spacial score (nSPS) is 10.1. The molecule has 0 unspecified atom stereocenters. The predicted octanol–water partition coefficient (Wildman–Crippen LogP) is 3.12. The molecule has 0 aliphatic heterocycles. The molecule has 2 rings (SSSR count). The van der Waals surface area contributed by atoms with E-state index < -0.39 is 11.9 Å². The third-order valence-corrected chi connectivity index (χ3v) is 4.12. The topological polar surface area (TPSA) is 83.1 Å². The minimum absolute atomic E-state index is 0.148. The van der Waals surface area contributed by atoms with Crippen LogP contribution < -0.4 is 19.5 Å². The molecule has 1 N–H and O–H groups in total. The molecule has 0 aliphatic rings. The summed E-state index contributed by atoms with van der Waals surface area (Å²) in [5, 5.41) is 2.66. The molecule has 0 fully saturated rings. The quantitative estimate of drug-likeness (QED) is 0.751. The molecule has 0 saturated carbocycles. The Morgan fingerprint density at radius 2 is 1.63 bits per heavy atom. The lowest BCUT2D eigenvalue weighted by Crippen LogP contribution is -2.22. The maximum atomic E-state index is 12.3. The molecule has 0 saturated heterocycles. The minimum Gasteiger partial charge on any atom is -0.493 e. The van der Waals surface area contributed by atoms with Gasteiger partial charge in [-0.25, -0.2) is 4.79 Å². The number of ether oxygens (including phenoxy) is 4. The molecule has 0 bridgehead atoms. The maximum Gasteiger partial charge on any atom is 0.340 e. The maximum absolute atomic E-state index is 12.3. The fourth-order valence-electron chi connectivity index (χ4n) is 2.47. The summed E-state index contributed by atoms with van der Waals surface area (Å²) >= 11 is 0. The summed E-state index contributed by atoms with van der Waals surface area (Å²) < 4.78 is 20.8. The summed E-state index contributed by atoms with van der Waals surface area (Å²) in [4.78, 5) is 24.4. The average molecular weight is 373 g/mol. The van der Waals surface area contributed by atoms with E-state index in [1.807, 2.05) is 26.0 Å². The Morgan fingerprint density at radius 3 is 2.26 bits per heavy atom. The van der Waals surface area contributed by atoms with Crippen molar-refractivity contribution in [3.05, 3.63) is 47.0 Å². The van der Waals surface area contributed by atoms with Gasteiger partial charge in [-0.15, -0.1) is 0 Å². The Kier molecular flexibility index (Phi) is 6.65. The van der Waals surface area contributed by atoms with Gasteiger partial charge in [0.15, 0.2) is 18.1 Å². The van der Waals surface area contributed by atoms with Crippen molar-refractivity contribution in [3.63, 3.8) is 0 Å². The molecule has 27 heavy (non-hydrogen) atoms. The standard InChI is InChI=1S/C20H23NO6/c1-12-7-6-8-16(13(12)2)27-11-19(22)21-15-10-18(25-4)17(24-3)9-14(15)20(23)26-5/h6-10H,11H2,1-5H3,(H,21,22). The van der Waals surface area contributed by atoms with Crippen LogP contribution in [0.25, 0.3) is 0 Å². The van der Waals surface area contributed by atoms with Crippen molar-refractivity contribution in [1.29, 1.82) is 0 Å². The van der Waals surface area contributed by atoms with Crippen LogP contribution in [0.3, 0.4) is 0 Å². The highest BCUT2D eigenvalue weighted by molar-refractivity contribution is 6.02. The molecule has 2 aromatic rings. The highest BCUT2D eigenvalue weighted by Crippen LogP contribution is 2.33. The molecule has 7 heteroatoms. The van der Waals surface area contributed by atoms with Gasteiger partial charge in [0, 0.05) is 12.1 Å². The van der Waals surface area contributed by atoms with Crippen LogP contribution in [0, 0.1) is 13.8 Å². The number of methoxy groups -OCH3 is 3. The van der Waals surface area contributed by atoms with Gasteiger partial charge >= 0.3 is 5.97 Å². The third-order valence-electron chi connectivity index (χ3n) is 4.12. The number of aryl methyl sites for hydroxylation is 1. The second-order valence-corrected chi connectivity index (χ2v) is 5.78. The summed E-state index contributed by atoms with van der Waals surface area (Å²) in [6.45, 7) is 3.68. The van der Waals surface area contributed by atoms with Gasteiger partial charge in [0.2, 0.25) is 0 Å². The molecule has 0 atom stereocenters. The van der Waals surface area contributed by atoms with Gasteiger partial charge in [0.1, 0.15) is 5.75 Å². The molecule has 7 nitrogen and oxygen atoms in total. The second-order valence-electron chi connectivity index (χ2n) is 5.78. The molecule has 0 heterocycles. The van der Waals surface area contributed by atoms with E-state index in [1.165, 1.54) is 33.5 Å². The van der Waals surface area contributed by atoms with Crippen LogP contribution in [0.15, 0.2) is 30.3 Å². The monoisotopic (exact) mass is 373 g/mol. The molecule has 0 spiro atoms. The first kappa shape index (κ1) is 20.1. The number of nitrogens with one attached hydrogen (secondary N) is 1. The number of benzene rings is 2. The Bertz CT molecular complexity index is 847. The fraction of sp³-hybridized carbons (Fsp3) is 0.300. The SMILES string of the molecule is COC(=O)c1cc(OC)c(OC)cc1NC(=O)COc1cccc(C)c1C. The number of amides is 1. The lowest BCUT2D eigenvalue weighted by atomic mass is 10.1. The zero-order chi connectivity index (χ0) is 20.0. The lowest BCUT2D eigenvalue weighted by molar-refractivity contribution is -0.118. The number of hydrogen-bond acceptors (Lipinski definition) is 6. The molecule has 1 amide bonds. The van der Waals surface area contributed by atoms with Crippen LogP contribution in [-0.2, 0) is 9.53 Å². The number of anilines is 1. The lowest BCUT2D eigenvalue weighted by Gasteiger charge is -2.15. The average Bonchev–Trinajstić information content (AvgIpc) is 2.68. The Hall–Kier alpha value is -3.22. The van der Waals surface area contributed by atoms with Crippen molar-refractivity contribution >= 4 is 17.6 Å². The van der Waals surface area contributed by atoms with Crippen molar-refractivity contribution in [2.75, 3.05) is 33.3 Å². The van der Waals surface area contributed by atoms with Crippen LogP contribution in [0.2, 0.25) is 0 Å². The van der Waals surface area contributed by atoms with Gasteiger partial charge in [-0.1, -0.05) is 12.1 Å². The van der Waals surface area contributed by atoms with E-state index in [0.29, 0.717) is 17.2 Å². The Morgan fingerprint density at radius 1 is 0.963 bits per heavy atom. The van der Waals surface area contributed by atoms with E-state index in [1.54, 1.807) is 6.07 Å². The van der Waals surface area contributed by atoms with Crippen LogP contribution in [0.4, 0.5) is 5.69 Å². The Labute approximate surface area is 158 Å². The van der Waals surface area contributed by atoms with E-state index in [9.17, 15) is 9.59 Å². The first-order valence-corrected chi connectivity index (χ1v) is 8.24. The first-order valence-electron chi connectivity index (χ1n) is 8.24. The van der Waals surface area contributed by atoms with E-state index in [4.69, 9.17) is 18.9 Å². The van der Waals surface area contributed by atoms with Gasteiger partial charge < -0.3 is 24.3 Å². The van der Waals surface area contributed by atoms with Gasteiger partial charge in [-0.3, -0.25) is 4.79 Å². The number of rotatable bonds is 7. The summed E-state index contributed by atoms with van der Waals surface area (Å²) in [5.74, 6) is 0.319. The van der Waals surface area contributed by atoms with Crippen LogP contribution in [0.5, 0.6) is 17.2 Å². The molecular formula is C20H23NO6. The van der Waals surface area contributed by atoms with Crippen LogP contribution >= 0.6 is 0 Å². The number of carbonyl (C=O) groups excluding carboxylic acids is 2.